The van der Waals surface area contributed by atoms with Crippen LogP contribution in [0.15, 0.2) is 84.9 Å². The first-order valence-electron chi connectivity index (χ1n) is 10.7. The van der Waals surface area contributed by atoms with Crippen LogP contribution in [0.1, 0.15) is 25.0 Å². The predicted molar refractivity (Wildman–Crippen MR) is 118 cm³/mol. The van der Waals surface area contributed by atoms with Gasteiger partial charge in [-0.3, -0.25) is 4.79 Å². The van der Waals surface area contributed by atoms with Gasteiger partial charge >= 0.3 is 0 Å². The zero-order valence-corrected chi connectivity index (χ0v) is 18.2. The second-order valence-corrected chi connectivity index (χ2v) is 8.75. The molecule has 0 spiro atoms. The number of ether oxygens (including phenoxy) is 2. The Labute approximate surface area is 190 Å². The molecule has 2 aliphatic heterocycles. The number of amides is 1. The van der Waals surface area contributed by atoms with Crippen LogP contribution in [0, 0.1) is 11.7 Å². The first-order chi connectivity index (χ1) is 15.7. The highest BCUT2D eigenvalue weighted by molar-refractivity contribution is 6.02. The Hall–Kier alpha value is -3.10. The Kier molecular flexibility index (Phi) is 4.74. The van der Waals surface area contributed by atoms with Crippen molar-refractivity contribution in [3.8, 4) is 0 Å². The molecule has 6 nitrogen and oxygen atoms in total. The summed E-state index contributed by atoms with van der Waals surface area (Å²) in [6.07, 6.45) is 0. The molecule has 7 heteroatoms. The van der Waals surface area contributed by atoms with Crippen LogP contribution >= 0.6 is 0 Å². The Morgan fingerprint density at radius 1 is 0.848 bits per heavy atom. The van der Waals surface area contributed by atoms with Crippen LogP contribution in [-0.4, -0.2) is 27.5 Å². The smallest absolute Gasteiger partial charge is 0.266 e. The van der Waals surface area contributed by atoms with Crippen molar-refractivity contribution in [2.45, 2.75) is 36.6 Å². The Morgan fingerprint density at radius 2 is 1.42 bits per heavy atom. The minimum Gasteiger partial charge on any atom is -0.362 e. The maximum Gasteiger partial charge on any atom is 0.266 e. The summed E-state index contributed by atoms with van der Waals surface area (Å²) in [7, 11) is 0. The van der Waals surface area contributed by atoms with Crippen molar-refractivity contribution in [1.82, 2.24) is 0 Å². The number of fused-ring (bicyclic) bond motifs is 1. The molecule has 33 heavy (non-hydrogen) atoms. The van der Waals surface area contributed by atoms with E-state index in [0.29, 0.717) is 11.3 Å². The molecule has 0 aliphatic carbocycles. The summed E-state index contributed by atoms with van der Waals surface area (Å²) in [5.74, 6) is -6.30. The lowest BCUT2D eigenvalue weighted by atomic mass is 9.74. The zero-order valence-electron chi connectivity index (χ0n) is 18.2. The van der Waals surface area contributed by atoms with E-state index in [1.54, 1.807) is 68.4 Å². The van der Waals surface area contributed by atoms with Gasteiger partial charge in [0.25, 0.3) is 5.91 Å². The molecule has 0 bridgehead atoms. The number of carbonyl (C=O) groups excluding carboxylic acids is 1. The van der Waals surface area contributed by atoms with E-state index >= 15 is 0 Å². The van der Waals surface area contributed by atoms with Gasteiger partial charge in [0.1, 0.15) is 5.82 Å². The average Bonchev–Trinajstić information content (AvgIpc) is 3.50. The van der Waals surface area contributed by atoms with Crippen molar-refractivity contribution in [2.75, 3.05) is 5.32 Å². The molecular formula is C26H24FNO5. The number of halogens is 1. The highest BCUT2D eigenvalue weighted by atomic mass is 19.1. The van der Waals surface area contributed by atoms with E-state index < -0.39 is 40.4 Å². The lowest BCUT2D eigenvalue weighted by Gasteiger charge is -2.37. The summed E-state index contributed by atoms with van der Waals surface area (Å²) in [5.41, 5.74) is -2.67. The van der Waals surface area contributed by atoms with Crippen molar-refractivity contribution in [3.05, 3.63) is 102 Å². The normalized spacial score (nSPS) is 32.4. The number of hydrogen-bond acceptors (Lipinski definition) is 5. The molecule has 0 radical (unpaired) electrons. The number of aliphatic hydroxyl groups is 2. The highest BCUT2D eigenvalue weighted by Gasteiger charge is 2.97. The Balaban J connectivity index is 1.73. The molecule has 5 rings (SSSR count). The maximum atomic E-state index is 13.8. The number of para-hydroxylation sites is 1. The molecule has 0 aromatic heterocycles. The molecular weight excluding hydrogens is 425 g/mol. The fourth-order valence-electron chi connectivity index (χ4n) is 4.91. The van der Waals surface area contributed by atoms with E-state index in [-0.39, 0.29) is 5.56 Å². The SMILES string of the molecule is CC(C)[C@@]1(O)O[C@@](O)(c2ccc(F)cc2)[C@]2(c3ccccc3)O[C@@]21C(=O)Nc1ccccc1. The van der Waals surface area contributed by atoms with Crippen LogP contribution in [0.2, 0.25) is 0 Å². The van der Waals surface area contributed by atoms with Gasteiger partial charge in [-0.1, -0.05) is 74.5 Å². The summed E-state index contributed by atoms with van der Waals surface area (Å²) in [5, 5.41) is 26.6. The Morgan fingerprint density at radius 3 is 2.00 bits per heavy atom. The van der Waals surface area contributed by atoms with Crippen LogP contribution in [0.5, 0.6) is 0 Å². The van der Waals surface area contributed by atoms with Crippen LogP contribution in [0.4, 0.5) is 10.1 Å². The van der Waals surface area contributed by atoms with Crippen LogP contribution in [0.3, 0.4) is 0 Å². The summed E-state index contributed by atoms with van der Waals surface area (Å²) in [6, 6.07) is 22.5. The standard InChI is InChI=1S/C26H24FNO5/c1-17(2)25(30)24(22(29)28-21-11-7-4-8-12-21)23(32-24,18-9-5-3-6-10-18)26(31,33-25)19-13-15-20(27)16-14-19/h3-17,30-31H,1-2H3,(H,28,29)/t23-,24+,25-,26+/m1/s1. The first kappa shape index (κ1) is 21.7. The Bertz CT molecular complexity index is 1190. The lowest BCUT2D eigenvalue weighted by molar-refractivity contribution is -0.366. The van der Waals surface area contributed by atoms with Gasteiger partial charge in [-0.15, -0.1) is 0 Å². The van der Waals surface area contributed by atoms with Gasteiger partial charge in [-0.2, -0.15) is 0 Å². The lowest BCUT2D eigenvalue weighted by Crippen LogP contribution is -2.56. The predicted octanol–water partition coefficient (Wildman–Crippen LogP) is 3.65. The minimum atomic E-state index is -2.28. The largest absolute Gasteiger partial charge is 0.362 e. The van der Waals surface area contributed by atoms with Gasteiger partial charge < -0.3 is 25.0 Å². The molecule has 0 unspecified atom stereocenters. The van der Waals surface area contributed by atoms with Gasteiger partial charge in [0.05, 0.1) is 0 Å². The molecule has 2 aliphatic rings. The number of benzene rings is 3. The number of hydrogen-bond donors (Lipinski definition) is 3. The van der Waals surface area contributed by atoms with E-state index in [4.69, 9.17) is 9.47 Å². The minimum absolute atomic E-state index is 0.152. The molecule has 0 saturated carbocycles. The fourth-order valence-corrected chi connectivity index (χ4v) is 4.91. The van der Waals surface area contributed by atoms with Gasteiger partial charge in [0, 0.05) is 17.2 Å². The summed E-state index contributed by atoms with van der Waals surface area (Å²) in [6.45, 7) is 3.34. The summed E-state index contributed by atoms with van der Waals surface area (Å²) in [4.78, 5) is 13.8. The second kappa shape index (κ2) is 7.20. The molecule has 3 aromatic carbocycles. The third-order valence-electron chi connectivity index (χ3n) is 6.60. The van der Waals surface area contributed by atoms with Gasteiger partial charge in [-0.05, 0) is 29.8 Å². The van der Waals surface area contributed by atoms with Crippen molar-refractivity contribution in [3.63, 3.8) is 0 Å². The third-order valence-corrected chi connectivity index (χ3v) is 6.60. The highest BCUT2D eigenvalue weighted by Crippen LogP contribution is 2.76. The topological polar surface area (TPSA) is 91.3 Å². The quantitative estimate of drug-likeness (QED) is 0.518. The van der Waals surface area contributed by atoms with E-state index in [2.05, 4.69) is 5.32 Å². The maximum absolute atomic E-state index is 13.8. The molecule has 170 valence electrons. The van der Waals surface area contributed by atoms with E-state index in [9.17, 15) is 19.4 Å². The van der Waals surface area contributed by atoms with Gasteiger partial charge in [0.15, 0.2) is 5.60 Å². The van der Waals surface area contributed by atoms with Gasteiger partial charge in [0.2, 0.25) is 17.2 Å². The van der Waals surface area contributed by atoms with Gasteiger partial charge in [-0.25, -0.2) is 4.39 Å². The summed E-state index contributed by atoms with van der Waals surface area (Å²) >= 11 is 0. The molecule has 2 fully saturated rings. The van der Waals surface area contributed by atoms with E-state index in [0.717, 1.165) is 0 Å². The number of rotatable bonds is 5. The fraction of sp³-hybridized carbons (Fsp3) is 0.269. The number of nitrogens with one attached hydrogen (secondary N) is 1. The molecule has 2 saturated heterocycles. The third kappa shape index (κ3) is 2.71. The number of epoxide rings is 1. The van der Waals surface area contributed by atoms with Crippen LogP contribution in [-0.2, 0) is 25.7 Å². The van der Waals surface area contributed by atoms with Crippen molar-refractivity contribution >= 4 is 11.6 Å². The zero-order chi connectivity index (χ0) is 23.5. The molecule has 3 aromatic rings. The molecule has 2 heterocycles. The van der Waals surface area contributed by atoms with Crippen molar-refractivity contribution < 1.29 is 28.9 Å². The number of carbonyl (C=O) groups is 1. The average molecular weight is 449 g/mol. The van der Waals surface area contributed by atoms with Crippen LogP contribution < -0.4 is 5.32 Å². The molecule has 3 N–H and O–H groups in total. The number of anilines is 1. The van der Waals surface area contributed by atoms with Crippen LogP contribution in [0.25, 0.3) is 0 Å². The van der Waals surface area contributed by atoms with Crippen molar-refractivity contribution in [1.29, 1.82) is 0 Å². The monoisotopic (exact) mass is 449 g/mol. The molecule has 4 atom stereocenters. The van der Waals surface area contributed by atoms with E-state index in [1.165, 1.54) is 24.3 Å². The summed E-state index contributed by atoms with van der Waals surface area (Å²) < 4.78 is 25.9. The first-order valence-corrected chi connectivity index (χ1v) is 10.7. The molecule has 1 amide bonds. The van der Waals surface area contributed by atoms with E-state index in [1.807, 2.05) is 6.07 Å². The van der Waals surface area contributed by atoms with Crippen molar-refractivity contribution in [2.24, 2.45) is 5.92 Å². The second-order valence-electron chi connectivity index (χ2n) is 8.75.